The molecule has 0 aliphatic heterocycles. The SMILES string of the molecule is Cc1cccc(OCCC(=O)NCc2cc[nH]c2)c1C. The number of carbonyl (C=O) groups excluding carboxylic acids is 1. The quantitative estimate of drug-likeness (QED) is 0.849. The predicted octanol–water partition coefficient (Wildman–Crippen LogP) is 2.72. The largest absolute Gasteiger partial charge is 0.493 e. The number of ether oxygens (including phenoxy) is 1. The number of hydrogen-bond acceptors (Lipinski definition) is 2. The van der Waals surface area contributed by atoms with Gasteiger partial charge in [-0.05, 0) is 42.7 Å². The number of nitrogens with one attached hydrogen (secondary N) is 2. The summed E-state index contributed by atoms with van der Waals surface area (Å²) < 4.78 is 5.66. The molecule has 1 aromatic heterocycles. The van der Waals surface area contributed by atoms with Gasteiger partial charge in [-0.25, -0.2) is 0 Å². The van der Waals surface area contributed by atoms with Gasteiger partial charge in [-0.1, -0.05) is 12.1 Å². The van der Waals surface area contributed by atoms with Crippen LogP contribution in [0.15, 0.2) is 36.7 Å². The summed E-state index contributed by atoms with van der Waals surface area (Å²) in [4.78, 5) is 14.6. The van der Waals surface area contributed by atoms with E-state index >= 15 is 0 Å². The molecule has 4 nitrogen and oxygen atoms in total. The Morgan fingerprint density at radius 3 is 2.90 bits per heavy atom. The van der Waals surface area contributed by atoms with Crippen molar-refractivity contribution in [1.82, 2.24) is 10.3 Å². The van der Waals surface area contributed by atoms with Crippen molar-refractivity contribution < 1.29 is 9.53 Å². The van der Waals surface area contributed by atoms with Gasteiger partial charge >= 0.3 is 0 Å². The first kappa shape index (κ1) is 14.2. The van der Waals surface area contributed by atoms with Crippen LogP contribution in [0, 0.1) is 13.8 Å². The van der Waals surface area contributed by atoms with Crippen molar-refractivity contribution in [2.24, 2.45) is 0 Å². The van der Waals surface area contributed by atoms with E-state index in [1.165, 1.54) is 5.56 Å². The molecule has 0 aliphatic carbocycles. The van der Waals surface area contributed by atoms with E-state index in [-0.39, 0.29) is 5.91 Å². The topological polar surface area (TPSA) is 54.1 Å². The van der Waals surface area contributed by atoms with Crippen molar-refractivity contribution in [3.63, 3.8) is 0 Å². The molecule has 1 heterocycles. The second-order valence-corrected chi connectivity index (χ2v) is 4.79. The molecule has 0 bridgehead atoms. The Labute approximate surface area is 119 Å². The van der Waals surface area contributed by atoms with Crippen LogP contribution in [0.5, 0.6) is 5.75 Å². The van der Waals surface area contributed by atoms with Crippen LogP contribution in [-0.4, -0.2) is 17.5 Å². The molecule has 20 heavy (non-hydrogen) atoms. The average Bonchev–Trinajstić information content (AvgIpc) is 2.94. The minimum Gasteiger partial charge on any atom is -0.493 e. The molecule has 0 atom stereocenters. The van der Waals surface area contributed by atoms with Gasteiger partial charge in [0, 0.05) is 18.9 Å². The lowest BCUT2D eigenvalue weighted by Crippen LogP contribution is -2.24. The molecular formula is C16H20N2O2. The Kier molecular flexibility index (Phi) is 4.82. The Hall–Kier alpha value is -2.23. The highest BCUT2D eigenvalue weighted by Crippen LogP contribution is 2.20. The number of aromatic nitrogens is 1. The van der Waals surface area contributed by atoms with E-state index in [2.05, 4.69) is 10.3 Å². The molecule has 1 aromatic carbocycles. The first-order chi connectivity index (χ1) is 9.66. The van der Waals surface area contributed by atoms with Crippen LogP contribution in [0.1, 0.15) is 23.1 Å². The standard InChI is InChI=1S/C16H20N2O2/c1-12-4-3-5-15(13(12)2)20-9-7-16(19)18-11-14-6-8-17-10-14/h3-6,8,10,17H,7,9,11H2,1-2H3,(H,18,19). The summed E-state index contributed by atoms with van der Waals surface area (Å²) in [6, 6.07) is 7.88. The molecule has 0 radical (unpaired) electrons. The molecule has 2 rings (SSSR count). The third-order valence-corrected chi connectivity index (χ3v) is 3.29. The van der Waals surface area contributed by atoms with Gasteiger partial charge in [-0.3, -0.25) is 4.79 Å². The number of H-pyrrole nitrogens is 1. The van der Waals surface area contributed by atoms with E-state index in [1.807, 2.05) is 50.5 Å². The summed E-state index contributed by atoms with van der Waals surface area (Å²) in [6.45, 7) is 5.01. The number of rotatable bonds is 6. The number of aromatic amines is 1. The third kappa shape index (κ3) is 3.88. The van der Waals surface area contributed by atoms with Crippen LogP contribution in [0.4, 0.5) is 0 Å². The van der Waals surface area contributed by atoms with Crippen molar-refractivity contribution in [2.75, 3.05) is 6.61 Å². The summed E-state index contributed by atoms with van der Waals surface area (Å²) in [6.07, 6.45) is 4.07. The summed E-state index contributed by atoms with van der Waals surface area (Å²) in [5.41, 5.74) is 3.38. The molecule has 1 amide bonds. The molecule has 2 N–H and O–H groups in total. The zero-order chi connectivity index (χ0) is 14.4. The second-order valence-electron chi connectivity index (χ2n) is 4.79. The van der Waals surface area contributed by atoms with E-state index in [1.54, 1.807) is 0 Å². The van der Waals surface area contributed by atoms with Crippen LogP contribution in [0.2, 0.25) is 0 Å². The minimum atomic E-state index is -0.00324. The maximum absolute atomic E-state index is 11.7. The molecule has 0 aliphatic rings. The van der Waals surface area contributed by atoms with E-state index < -0.39 is 0 Å². The highest BCUT2D eigenvalue weighted by Gasteiger charge is 2.05. The molecule has 0 spiro atoms. The van der Waals surface area contributed by atoms with Crippen LogP contribution in [0.3, 0.4) is 0 Å². The summed E-state index contributed by atoms with van der Waals surface area (Å²) >= 11 is 0. The molecule has 0 unspecified atom stereocenters. The van der Waals surface area contributed by atoms with Crippen molar-refractivity contribution in [3.8, 4) is 5.75 Å². The fourth-order valence-corrected chi connectivity index (χ4v) is 1.89. The van der Waals surface area contributed by atoms with Crippen LogP contribution < -0.4 is 10.1 Å². The molecule has 0 fully saturated rings. The van der Waals surface area contributed by atoms with Crippen molar-refractivity contribution in [1.29, 1.82) is 0 Å². The van der Waals surface area contributed by atoms with Gasteiger partial charge in [-0.2, -0.15) is 0 Å². The fraction of sp³-hybridized carbons (Fsp3) is 0.312. The smallest absolute Gasteiger partial charge is 0.223 e. The van der Waals surface area contributed by atoms with Crippen LogP contribution in [-0.2, 0) is 11.3 Å². The number of benzene rings is 1. The fourth-order valence-electron chi connectivity index (χ4n) is 1.89. The third-order valence-electron chi connectivity index (χ3n) is 3.29. The highest BCUT2D eigenvalue weighted by molar-refractivity contribution is 5.75. The van der Waals surface area contributed by atoms with Gasteiger partial charge in [0.1, 0.15) is 5.75 Å². The van der Waals surface area contributed by atoms with Gasteiger partial charge in [-0.15, -0.1) is 0 Å². The lowest BCUT2D eigenvalue weighted by Gasteiger charge is -2.10. The van der Waals surface area contributed by atoms with Gasteiger partial charge < -0.3 is 15.0 Å². The van der Waals surface area contributed by atoms with Crippen molar-refractivity contribution in [2.45, 2.75) is 26.8 Å². The summed E-state index contributed by atoms with van der Waals surface area (Å²) in [5, 5.41) is 2.86. The van der Waals surface area contributed by atoms with Gasteiger partial charge in [0.05, 0.1) is 13.0 Å². The molecule has 0 saturated carbocycles. The summed E-state index contributed by atoms with van der Waals surface area (Å²) in [5.74, 6) is 0.847. The lowest BCUT2D eigenvalue weighted by atomic mass is 10.1. The van der Waals surface area contributed by atoms with Gasteiger partial charge in [0.25, 0.3) is 0 Å². The van der Waals surface area contributed by atoms with E-state index in [9.17, 15) is 4.79 Å². The van der Waals surface area contributed by atoms with Crippen LogP contribution >= 0.6 is 0 Å². The number of amides is 1. The average molecular weight is 272 g/mol. The monoisotopic (exact) mass is 272 g/mol. The molecule has 106 valence electrons. The van der Waals surface area contributed by atoms with Gasteiger partial charge in [0.2, 0.25) is 5.91 Å². The maximum atomic E-state index is 11.7. The van der Waals surface area contributed by atoms with Crippen molar-refractivity contribution >= 4 is 5.91 Å². The maximum Gasteiger partial charge on any atom is 0.223 e. The zero-order valence-corrected chi connectivity index (χ0v) is 11.9. The first-order valence-electron chi connectivity index (χ1n) is 6.74. The first-order valence-corrected chi connectivity index (χ1v) is 6.74. The predicted molar refractivity (Wildman–Crippen MR) is 78.7 cm³/mol. The molecule has 0 saturated heterocycles. The normalized spacial score (nSPS) is 10.3. The number of hydrogen-bond donors (Lipinski definition) is 2. The summed E-state index contributed by atoms with van der Waals surface area (Å²) in [7, 11) is 0. The van der Waals surface area contributed by atoms with Gasteiger partial charge in [0.15, 0.2) is 0 Å². The molecular weight excluding hydrogens is 252 g/mol. The Balaban J connectivity index is 1.72. The zero-order valence-electron chi connectivity index (χ0n) is 11.9. The Bertz CT molecular complexity index is 562. The lowest BCUT2D eigenvalue weighted by molar-refractivity contribution is -0.121. The Morgan fingerprint density at radius 2 is 2.15 bits per heavy atom. The second kappa shape index (κ2) is 6.80. The highest BCUT2D eigenvalue weighted by atomic mass is 16.5. The molecule has 2 aromatic rings. The number of carbonyl (C=O) groups is 1. The van der Waals surface area contributed by atoms with E-state index in [0.717, 1.165) is 16.9 Å². The number of aryl methyl sites for hydroxylation is 1. The van der Waals surface area contributed by atoms with E-state index in [4.69, 9.17) is 4.74 Å². The van der Waals surface area contributed by atoms with E-state index in [0.29, 0.717) is 19.6 Å². The Morgan fingerprint density at radius 1 is 1.30 bits per heavy atom. The van der Waals surface area contributed by atoms with Crippen LogP contribution in [0.25, 0.3) is 0 Å². The molecule has 4 heteroatoms. The van der Waals surface area contributed by atoms with Crippen molar-refractivity contribution in [3.05, 3.63) is 53.3 Å². The minimum absolute atomic E-state index is 0.00324.